The van der Waals surface area contributed by atoms with Crippen LogP contribution in [0.1, 0.15) is 28.8 Å². The van der Waals surface area contributed by atoms with Crippen LogP contribution in [0.4, 0.5) is 0 Å². The number of Topliss-reactive ketones (excluding diaryl/α,β-unsaturated/α-hetero) is 1. The predicted octanol–water partition coefficient (Wildman–Crippen LogP) is 2.25. The third-order valence-corrected chi connectivity index (χ3v) is 2.35. The molecule has 0 radical (unpaired) electrons. The summed E-state index contributed by atoms with van der Waals surface area (Å²) in [5.41, 5.74) is 2.23. The Labute approximate surface area is 82.2 Å². The lowest BCUT2D eigenvalue weighted by molar-refractivity contribution is -0.113. The van der Waals surface area contributed by atoms with Crippen LogP contribution in [0.5, 0.6) is 0 Å². The van der Waals surface area contributed by atoms with Gasteiger partial charge in [-0.15, -0.1) is 0 Å². The monoisotopic (exact) mass is 186 g/mol. The van der Waals surface area contributed by atoms with E-state index in [4.69, 9.17) is 0 Å². The van der Waals surface area contributed by atoms with Gasteiger partial charge in [0.25, 0.3) is 0 Å². The van der Waals surface area contributed by atoms with Crippen LogP contribution in [0.3, 0.4) is 0 Å². The van der Waals surface area contributed by atoms with Crippen molar-refractivity contribution in [3.63, 3.8) is 0 Å². The van der Waals surface area contributed by atoms with Crippen molar-refractivity contribution in [2.24, 2.45) is 0 Å². The summed E-state index contributed by atoms with van der Waals surface area (Å²) < 4.78 is 0. The van der Waals surface area contributed by atoms with Crippen LogP contribution in [0.15, 0.2) is 30.3 Å². The highest BCUT2D eigenvalue weighted by Gasteiger charge is 2.16. The van der Waals surface area contributed by atoms with Gasteiger partial charge in [-0.3, -0.25) is 9.59 Å². The van der Waals surface area contributed by atoms with E-state index in [1.807, 2.05) is 12.1 Å². The number of ketones is 1. The standard InChI is InChI=1S/C12H10O2/c13-8-9-3-1-4-10(7-9)11-5-2-6-12(11)14/h1,3-5,7-8H,2,6H2. The summed E-state index contributed by atoms with van der Waals surface area (Å²) in [6.45, 7) is 0. The van der Waals surface area contributed by atoms with Crippen LogP contribution in [0, 0.1) is 0 Å². The van der Waals surface area contributed by atoms with E-state index in [-0.39, 0.29) is 5.78 Å². The van der Waals surface area contributed by atoms with E-state index < -0.39 is 0 Å². The number of carbonyl (C=O) groups is 2. The van der Waals surface area contributed by atoms with Gasteiger partial charge in [-0.25, -0.2) is 0 Å². The minimum atomic E-state index is 0.174. The lowest BCUT2D eigenvalue weighted by Crippen LogP contribution is -1.95. The van der Waals surface area contributed by atoms with Crippen LogP contribution in [0.25, 0.3) is 5.57 Å². The van der Waals surface area contributed by atoms with Gasteiger partial charge in [-0.1, -0.05) is 24.3 Å². The molecule has 1 aliphatic carbocycles. The second kappa shape index (κ2) is 3.58. The zero-order valence-corrected chi connectivity index (χ0v) is 7.69. The van der Waals surface area contributed by atoms with Crippen molar-refractivity contribution in [1.29, 1.82) is 0 Å². The van der Waals surface area contributed by atoms with E-state index >= 15 is 0 Å². The number of carbonyl (C=O) groups excluding carboxylic acids is 2. The van der Waals surface area contributed by atoms with Crippen LogP contribution in [0.2, 0.25) is 0 Å². The molecule has 0 fully saturated rings. The Bertz CT molecular complexity index is 416. The topological polar surface area (TPSA) is 34.1 Å². The molecule has 14 heavy (non-hydrogen) atoms. The number of rotatable bonds is 2. The molecule has 1 aromatic carbocycles. The maximum absolute atomic E-state index is 11.4. The Hall–Kier alpha value is -1.70. The van der Waals surface area contributed by atoms with E-state index in [1.165, 1.54) is 0 Å². The van der Waals surface area contributed by atoms with Crippen LogP contribution < -0.4 is 0 Å². The normalized spacial score (nSPS) is 15.4. The molecule has 0 bridgehead atoms. The van der Waals surface area contributed by atoms with Gasteiger partial charge >= 0.3 is 0 Å². The Balaban J connectivity index is 2.41. The fourth-order valence-electron chi connectivity index (χ4n) is 1.65. The fraction of sp³-hybridized carbons (Fsp3) is 0.167. The van der Waals surface area contributed by atoms with Crippen molar-refractivity contribution in [2.75, 3.05) is 0 Å². The smallest absolute Gasteiger partial charge is 0.163 e. The maximum Gasteiger partial charge on any atom is 0.163 e. The molecule has 70 valence electrons. The number of aldehydes is 1. The summed E-state index contributed by atoms with van der Waals surface area (Å²) >= 11 is 0. The quantitative estimate of drug-likeness (QED) is 0.664. The lowest BCUT2D eigenvalue weighted by atomic mass is 10.0. The van der Waals surface area contributed by atoms with Gasteiger partial charge in [0.05, 0.1) is 0 Å². The Morgan fingerprint density at radius 1 is 1.29 bits per heavy atom. The predicted molar refractivity (Wildman–Crippen MR) is 54.0 cm³/mol. The van der Waals surface area contributed by atoms with E-state index in [9.17, 15) is 9.59 Å². The second-order valence-electron chi connectivity index (χ2n) is 3.32. The molecule has 0 aromatic heterocycles. The number of hydrogen-bond acceptors (Lipinski definition) is 2. The molecule has 2 heteroatoms. The molecule has 0 heterocycles. The Morgan fingerprint density at radius 3 is 2.79 bits per heavy atom. The van der Waals surface area contributed by atoms with E-state index in [2.05, 4.69) is 0 Å². The average Bonchev–Trinajstić information content (AvgIpc) is 2.65. The summed E-state index contributed by atoms with van der Waals surface area (Å²) in [4.78, 5) is 22.0. The summed E-state index contributed by atoms with van der Waals surface area (Å²) in [5, 5.41) is 0. The van der Waals surface area contributed by atoms with Gasteiger partial charge in [0.1, 0.15) is 6.29 Å². The lowest BCUT2D eigenvalue weighted by Gasteiger charge is -2.01. The van der Waals surface area contributed by atoms with Crippen molar-refractivity contribution in [2.45, 2.75) is 12.8 Å². The summed E-state index contributed by atoms with van der Waals surface area (Å²) in [7, 11) is 0. The molecule has 0 atom stereocenters. The molecule has 0 unspecified atom stereocenters. The first-order valence-corrected chi connectivity index (χ1v) is 4.60. The highest BCUT2D eigenvalue weighted by molar-refractivity contribution is 6.22. The molecule has 1 aliphatic rings. The summed E-state index contributed by atoms with van der Waals surface area (Å²) in [6.07, 6.45) is 4.15. The molecule has 0 saturated heterocycles. The SMILES string of the molecule is O=Cc1cccc(C2=CCCC2=O)c1. The van der Waals surface area contributed by atoms with E-state index in [0.717, 1.165) is 23.8 Å². The molecular formula is C12H10O2. The third kappa shape index (κ3) is 1.51. The van der Waals surface area contributed by atoms with Crippen LogP contribution in [-0.4, -0.2) is 12.1 Å². The molecule has 0 amide bonds. The van der Waals surface area contributed by atoms with Crippen LogP contribution in [-0.2, 0) is 4.79 Å². The summed E-state index contributed by atoms with van der Waals surface area (Å²) in [5.74, 6) is 0.174. The van der Waals surface area contributed by atoms with Crippen molar-refractivity contribution >= 4 is 17.6 Å². The zero-order chi connectivity index (χ0) is 9.97. The molecule has 2 rings (SSSR count). The van der Waals surface area contributed by atoms with Gasteiger partial charge in [0, 0.05) is 17.6 Å². The van der Waals surface area contributed by atoms with Gasteiger partial charge in [0.2, 0.25) is 0 Å². The molecule has 0 aliphatic heterocycles. The fourth-order valence-corrected chi connectivity index (χ4v) is 1.65. The van der Waals surface area contributed by atoms with Gasteiger partial charge < -0.3 is 0 Å². The molecule has 2 nitrogen and oxygen atoms in total. The Kier molecular flexibility index (Phi) is 2.27. The highest BCUT2D eigenvalue weighted by Crippen LogP contribution is 2.24. The molecule has 0 saturated carbocycles. The average molecular weight is 186 g/mol. The molecule has 1 aromatic rings. The number of allylic oxidation sites excluding steroid dienone is 2. The number of benzene rings is 1. The van der Waals surface area contributed by atoms with E-state index in [1.54, 1.807) is 18.2 Å². The maximum atomic E-state index is 11.4. The van der Waals surface area contributed by atoms with Crippen molar-refractivity contribution in [1.82, 2.24) is 0 Å². The Morgan fingerprint density at radius 2 is 2.14 bits per heavy atom. The molecule has 0 N–H and O–H groups in total. The molecular weight excluding hydrogens is 176 g/mol. The van der Waals surface area contributed by atoms with Crippen LogP contribution >= 0.6 is 0 Å². The summed E-state index contributed by atoms with van der Waals surface area (Å²) in [6, 6.07) is 7.14. The van der Waals surface area contributed by atoms with Gasteiger partial charge in [-0.05, 0) is 18.1 Å². The number of hydrogen-bond donors (Lipinski definition) is 0. The first-order valence-electron chi connectivity index (χ1n) is 4.60. The first-order chi connectivity index (χ1) is 6.81. The van der Waals surface area contributed by atoms with E-state index in [0.29, 0.717) is 12.0 Å². The minimum absolute atomic E-state index is 0.174. The van der Waals surface area contributed by atoms with Gasteiger partial charge in [0.15, 0.2) is 5.78 Å². The van der Waals surface area contributed by atoms with Gasteiger partial charge in [-0.2, -0.15) is 0 Å². The highest BCUT2D eigenvalue weighted by atomic mass is 16.1. The zero-order valence-electron chi connectivity index (χ0n) is 7.69. The minimum Gasteiger partial charge on any atom is -0.298 e. The van der Waals surface area contributed by atoms with Crippen molar-refractivity contribution in [3.05, 3.63) is 41.5 Å². The van der Waals surface area contributed by atoms with Crippen molar-refractivity contribution < 1.29 is 9.59 Å². The molecule has 0 spiro atoms. The second-order valence-corrected chi connectivity index (χ2v) is 3.32. The third-order valence-electron chi connectivity index (χ3n) is 2.35. The first kappa shape index (κ1) is 8.88. The largest absolute Gasteiger partial charge is 0.298 e. The van der Waals surface area contributed by atoms with Crippen molar-refractivity contribution in [3.8, 4) is 0 Å².